The molecule has 17 heavy (non-hydrogen) atoms. The van der Waals surface area contributed by atoms with Gasteiger partial charge in [0, 0.05) is 26.2 Å². The van der Waals surface area contributed by atoms with Gasteiger partial charge in [0.15, 0.2) is 6.29 Å². The molecular weight excluding hydrogens is 219 g/mol. The molecule has 2 rings (SSSR count). The largest absolute Gasteiger partial charge is 0.368 e. The Morgan fingerprint density at radius 2 is 2.00 bits per heavy atom. The van der Waals surface area contributed by atoms with Gasteiger partial charge < -0.3 is 9.80 Å². The first-order chi connectivity index (χ1) is 8.26. The second kappa shape index (κ2) is 5.27. The fraction of sp³-hybridized carbons (Fsp3) is 0.462. The predicted octanol–water partition coefficient (Wildman–Crippen LogP) is 1.78. The lowest BCUT2D eigenvalue weighted by atomic mass is 10.1. The normalized spacial score (nSPS) is 17.2. The first-order valence-corrected chi connectivity index (χ1v) is 5.97. The molecule has 1 saturated heterocycles. The molecule has 1 fully saturated rings. The topological polar surface area (TPSA) is 23.6 Å². The Bertz CT molecular complexity index is 400. The van der Waals surface area contributed by atoms with E-state index in [1.54, 1.807) is 6.07 Å². The monoisotopic (exact) mass is 236 g/mol. The molecule has 92 valence electrons. The number of piperazine rings is 1. The SMILES string of the molecule is CCN1CCN(c2cccc(F)c2C=O)CC1. The fourth-order valence-electron chi connectivity index (χ4n) is 2.22. The van der Waals surface area contributed by atoms with E-state index in [1.807, 2.05) is 6.07 Å². The van der Waals surface area contributed by atoms with Crippen LogP contribution in [-0.2, 0) is 0 Å². The molecule has 0 radical (unpaired) electrons. The minimum atomic E-state index is -0.435. The summed E-state index contributed by atoms with van der Waals surface area (Å²) >= 11 is 0. The van der Waals surface area contributed by atoms with E-state index in [9.17, 15) is 9.18 Å². The zero-order chi connectivity index (χ0) is 12.3. The van der Waals surface area contributed by atoms with E-state index in [0.717, 1.165) is 38.4 Å². The van der Waals surface area contributed by atoms with Crippen molar-refractivity contribution >= 4 is 12.0 Å². The summed E-state index contributed by atoms with van der Waals surface area (Å²) in [5, 5.41) is 0. The molecular formula is C13H17FN2O. The highest BCUT2D eigenvalue weighted by molar-refractivity contribution is 5.85. The number of carbonyl (C=O) groups excluding carboxylic acids is 1. The summed E-state index contributed by atoms with van der Waals surface area (Å²) in [6.07, 6.45) is 0.608. The molecule has 1 aliphatic heterocycles. The Morgan fingerprint density at radius 1 is 1.29 bits per heavy atom. The van der Waals surface area contributed by atoms with Crippen molar-refractivity contribution in [2.75, 3.05) is 37.6 Å². The van der Waals surface area contributed by atoms with Crippen LogP contribution in [0.25, 0.3) is 0 Å². The lowest BCUT2D eigenvalue weighted by Crippen LogP contribution is -2.46. The molecule has 0 N–H and O–H groups in total. The Hall–Kier alpha value is -1.42. The van der Waals surface area contributed by atoms with Gasteiger partial charge in [-0.1, -0.05) is 13.0 Å². The highest BCUT2D eigenvalue weighted by Gasteiger charge is 2.19. The van der Waals surface area contributed by atoms with E-state index in [-0.39, 0.29) is 5.56 Å². The van der Waals surface area contributed by atoms with Crippen molar-refractivity contribution in [2.45, 2.75) is 6.92 Å². The van der Waals surface area contributed by atoms with E-state index in [2.05, 4.69) is 16.7 Å². The van der Waals surface area contributed by atoms with E-state index in [4.69, 9.17) is 0 Å². The van der Waals surface area contributed by atoms with Crippen LogP contribution in [0.15, 0.2) is 18.2 Å². The third kappa shape index (κ3) is 2.47. The summed E-state index contributed by atoms with van der Waals surface area (Å²) < 4.78 is 13.5. The van der Waals surface area contributed by atoms with Gasteiger partial charge in [0.1, 0.15) is 5.82 Å². The van der Waals surface area contributed by atoms with Crippen molar-refractivity contribution < 1.29 is 9.18 Å². The predicted molar refractivity (Wildman–Crippen MR) is 66.1 cm³/mol. The van der Waals surface area contributed by atoms with Gasteiger partial charge in [-0.05, 0) is 18.7 Å². The summed E-state index contributed by atoms with van der Waals surface area (Å²) in [6.45, 7) is 6.79. The summed E-state index contributed by atoms with van der Waals surface area (Å²) in [6, 6.07) is 4.80. The maximum atomic E-state index is 13.5. The van der Waals surface area contributed by atoms with Gasteiger partial charge in [0.2, 0.25) is 0 Å². The van der Waals surface area contributed by atoms with Crippen LogP contribution in [0, 0.1) is 5.82 Å². The Kier molecular flexibility index (Phi) is 3.74. The zero-order valence-corrected chi connectivity index (χ0v) is 10.0. The molecule has 0 amide bonds. The number of nitrogens with zero attached hydrogens (tertiary/aromatic N) is 2. The Balaban J connectivity index is 2.18. The molecule has 4 heteroatoms. The van der Waals surface area contributed by atoms with Crippen molar-refractivity contribution in [3.8, 4) is 0 Å². The molecule has 0 atom stereocenters. The zero-order valence-electron chi connectivity index (χ0n) is 10.0. The van der Waals surface area contributed by atoms with Crippen molar-refractivity contribution in [1.82, 2.24) is 4.90 Å². The molecule has 1 aromatic rings. The fourth-order valence-corrected chi connectivity index (χ4v) is 2.22. The van der Waals surface area contributed by atoms with Gasteiger partial charge in [-0.25, -0.2) is 4.39 Å². The second-order valence-corrected chi connectivity index (χ2v) is 4.21. The van der Waals surface area contributed by atoms with E-state index in [1.165, 1.54) is 6.07 Å². The van der Waals surface area contributed by atoms with Gasteiger partial charge in [-0.2, -0.15) is 0 Å². The van der Waals surface area contributed by atoms with Crippen molar-refractivity contribution in [3.05, 3.63) is 29.6 Å². The number of rotatable bonds is 3. The standard InChI is InChI=1S/C13H17FN2O/c1-2-15-6-8-16(9-7-15)13-5-3-4-12(14)11(13)10-17/h3-5,10H,2,6-9H2,1H3. The smallest absolute Gasteiger partial charge is 0.155 e. The summed E-state index contributed by atoms with van der Waals surface area (Å²) in [5.74, 6) is -0.435. The summed E-state index contributed by atoms with van der Waals surface area (Å²) in [5.41, 5.74) is 0.896. The molecule has 1 aliphatic rings. The van der Waals surface area contributed by atoms with Crippen LogP contribution in [0.5, 0.6) is 0 Å². The molecule has 0 aromatic heterocycles. The molecule has 1 aromatic carbocycles. The first-order valence-electron chi connectivity index (χ1n) is 5.97. The van der Waals surface area contributed by atoms with Gasteiger partial charge in [-0.3, -0.25) is 4.79 Å². The summed E-state index contributed by atoms with van der Waals surface area (Å²) in [4.78, 5) is 15.4. The number of halogens is 1. The molecule has 0 aliphatic carbocycles. The van der Waals surface area contributed by atoms with Crippen LogP contribution in [0.3, 0.4) is 0 Å². The van der Waals surface area contributed by atoms with E-state index >= 15 is 0 Å². The average molecular weight is 236 g/mol. The van der Waals surface area contributed by atoms with Crippen LogP contribution < -0.4 is 4.90 Å². The lowest BCUT2D eigenvalue weighted by molar-refractivity contribution is 0.112. The van der Waals surface area contributed by atoms with Gasteiger partial charge in [-0.15, -0.1) is 0 Å². The van der Waals surface area contributed by atoms with Crippen LogP contribution >= 0.6 is 0 Å². The number of aldehydes is 1. The number of hydrogen-bond donors (Lipinski definition) is 0. The Morgan fingerprint density at radius 3 is 2.59 bits per heavy atom. The number of hydrogen-bond acceptors (Lipinski definition) is 3. The Labute approximate surface area is 101 Å². The molecule has 0 unspecified atom stereocenters. The number of benzene rings is 1. The average Bonchev–Trinajstić information content (AvgIpc) is 2.38. The maximum absolute atomic E-state index is 13.5. The number of anilines is 1. The van der Waals surface area contributed by atoms with E-state index in [0.29, 0.717) is 6.29 Å². The highest BCUT2D eigenvalue weighted by atomic mass is 19.1. The third-order valence-electron chi connectivity index (χ3n) is 3.31. The quantitative estimate of drug-likeness (QED) is 0.747. The number of carbonyl (C=O) groups is 1. The minimum absolute atomic E-state index is 0.178. The molecule has 1 heterocycles. The molecule has 0 saturated carbocycles. The summed E-state index contributed by atoms with van der Waals surface area (Å²) in [7, 11) is 0. The second-order valence-electron chi connectivity index (χ2n) is 4.21. The molecule has 0 bridgehead atoms. The van der Waals surface area contributed by atoms with Gasteiger partial charge in [0.05, 0.1) is 11.3 Å². The minimum Gasteiger partial charge on any atom is -0.368 e. The van der Waals surface area contributed by atoms with Crippen LogP contribution in [-0.4, -0.2) is 43.9 Å². The third-order valence-corrected chi connectivity index (χ3v) is 3.31. The highest BCUT2D eigenvalue weighted by Crippen LogP contribution is 2.22. The molecule has 0 spiro atoms. The van der Waals surface area contributed by atoms with Gasteiger partial charge >= 0.3 is 0 Å². The van der Waals surface area contributed by atoms with Crippen LogP contribution in [0.2, 0.25) is 0 Å². The van der Waals surface area contributed by atoms with Crippen molar-refractivity contribution in [2.24, 2.45) is 0 Å². The van der Waals surface area contributed by atoms with E-state index < -0.39 is 5.82 Å². The molecule has 3 nitrogen and oxygen atoms in total. The first kappa shape index (κ1) is 12.0. The van der Waals surface area contributed by atoms with Gasteiger partial charge in [0.25, 0.3) is 0 Å². The van der Waals surface area contributed by atoms with Crippen molar-refractivity contribution in [1.29, 1.82) is 0 Å². The number of likely N-dealkylation sites (N-methyl/N-ethyl adjacent to an activating group) is 1. The van der Waals surface area contributed by atoms with Crippen LogP contribution in [0.4, 0.5) is 10.1 Å². The van der Waals surface area contributed by atoms with Crippen LogP contribution in [0.1, 0.15) is 17.3 Å². The van der Waals surface area contributed by atoms with Crippen molar-refractivity contribution in [3.63, 3.8) is 0 Å². The maximum Gasteiger partial charge on any atom is 0.155 e. The lowest BCUT2D eigenvalue weighted by Gasteiger charge is -2.36.